The first-order valence-corrected chi connectivity index (χ1v) is 5.71. The summed E-state index contributed by atoms with van der Waals surface area (Å²) in [5.41, 5.74) is 0. The molecule has 2 atom stereocenters. The first-order valence-electron chi connectivity index (χ1n) is 5.33. The molecule has 0 bridgehead atoms. The van der Waals surface area contributed by atoms with E-state index < -0.39 is 0 Å². The molecule has 15 heavy (non-hydrogen) atoms. The van der Waals surface area contributed by atoms with Gasteiger partial charge in [0.15, 0.2) is 5.22 Å². The Bertz CT molecular complexity index is 313. The minimum absolute atomic E-state index is 0.358. The van der Waals surface area contributed by atoms with Crippen LogP contribution in [0.1, 0.15) is 25.5 Å². The van der Waals surface area contributed by atoms with Crippen molar-refractivity contribution in [2.45, 2.75) is 38.5 Å². The Morgan fingerprint density at radius 2 is 2.40 bits per heavy atom. The second-order valence-corrected chi connectivity index (χ2v) is 4.36. The first-order chi connectivity index (χ1) is 7.24. The van der Waals surface area contributed by atoms with E-state index in [1.165, 1.54) is 0 Å². The minimum Gasteiger partial charge on any atom is -0.448 e. The van der Waals surface area contributed by atoms with E-state index in [0.717, 1.165) is 31.8 Å². The van der Waals surface area contributed by atoms with Crippen LogP contribution < -0.4 is 5.32 Å². The highest BCUT2D eigenvalue weighted by Crippen LogP contribution is 2.16. The van der Waals surface area contributed by atoms with Gasteiger partial charge in [0.2, 0.25) is 0 Å². The summed E-state index contributed by atoms with van der Waals surface area (Å²) in [6, 6.07) is 4.20. The van der Waals surface area contributed by atoms with Crippen LogP contribution in [-0.2, 0) is 11.3 Å². The Hall–Kier alpha value is -0.510. The molecule has 1 aliphatic heterocycles. The summed E-state index contributed by atoms with van der Waals surface area (Å²) in [5, 5.41) is 3.90. The van der Waals surface area contributed by atoms with E-state index in [9.17, 15) is 0 Å². The zero-order valence-corrected chi connectivity index (χ0v) is 9.59. The summed E-state index contributed by atoms with van der Waals surface area (Å²) in [6.45, 7) is 3.69. The fraction of sp³-hybridized carbons (Fsp3) is 0.636. The Morgan fingerprint density at radius 1 is 1.53 bits per heavy atom. The average Bonchev–Trinajstić information content (AvgIpc) is 2.62. The lowest BCUT2D eigenvalue weighted by Crippen LogP contribution is -2.37. The lowest BCUT2D eigenvalue weighted by atomic mass is 10.0. The van der Waals surface area contributed by atoms with Gasteiger partial charge in [0.25, 0.3) is 0 Å². The van der Waals surface area contributed by atoms with Gasteiger partial charge in [-0.3, -0.25) is 0 Å². The van der Waals surface area contributed by atoms with Gasteiger partial charge in [-0.1, -0.05) is 0 Å². The molecule has 0 radical (unpaired) electrons. The van der Waals surface area contributed by atoms with Gasteiger partial charge < -0.3 is 14.5 Å². The molecule has 1 saturated heterocycles. The quantitative estimate of drug-likeness (QED) is 0.865. The maximum absolute atomic E-state index is 5.69. The van der Waals surface area contributed by atoms with Crippen LogP contribution in [0.5, 0.6) is 0 Å². The third-order valence-corrected chi connectivity index (χ3v) is 2.88. The van der Waals surface area contributed by atoms with Gasteiger partial charge in [-0.2, -0.15) is 0 Å². The fourth-order valence-corrected chi connectivity index (χ4v) is 2.04. The highest BCUT2D eigenvalue weighted by Gasteiger charge is 2.18. The molecule has 1 N–H and O–H groups in total. The summed E-state index contributed by atoms with van der Waals surface area (Å²) in [5.74, 6) is 0.888. The summed E-state index contributed by atoms with van der Waals surface area (Å²) < 4.78 is 10.8. The molecule has 0 aromatic carbocycles. The molecule has 4 heteroatoms. The summed E-state index contributed by atoms with van der Waals surface area (Å²) >= 11 is 5.69. The van der Waals surface area contributed by atoms with Crippen LogP contribution in [0, 0.1) is 0 Å². The number of hydrogen-bond acceptors (Lipinski definition) is 3. The van der Waals surface area contributed by atoms with E-state index in [-0.39, 0.29) is 0 Å². The third kappa shape index (κ3) is 3.23. The van der Waals surface area contributed by atoms with Crippen molar-refractivity contribution in [3.63, 3.8) is 0 Å². The van der Waals surface area contributed by atoms with Crippen LogP contribution >= 0.6 is 11.6 Å². The SMILES string of the molecule is CC1CC(NCc2ccc(Cl)o2)CCO1. The van der Waals surface area contributed by atoms with Crippen LogP contribution in [0.25, 0.3) is 0 Å². The van der Waals surface area contributed by atoms with Gasteiger partial charge in [0.05, 0.1) is 12.6 Å². The molecule has 3 nitrogen and oxygen atoms in total. The Balaban J connectivity index is 1.77. The van der Waals surface area contributed by atoms with E-state index in [0.29, 0.717) is 17.4 Å². The Morgan fingerprint density at radius 3 is 3.07 bits per heavy atom. The topological polar surface area (TPSA) is 34.4 Å². The van der Waals surface area contributed by atoms with Gasteiger partial charge in [-0.25, -0.2) is 0 Å². The molecule has 0 amide bonds. The van der Waals surface area contributed by atoms with E-state index in [1.807, 2.05) is 6.07 Å². The van der Waals surface area contributed by atoms with Crippen molar-refractivity contribution in [1.82, 2.24) is 5.32 Å². The minimum atomic E-state index is 0.358. The number of furan rings is 1. The highest BCUT2D eigenvalue weighted by molar-refractivity contribution is 6.28. The molecular weight excluding hydrogens is 214 g/mol. The van der Waals surface area contributed by atoms with Crippen molar-refractivity contribution < 1.29 is 9.15 Å². The highest BCUT2D eigenvalue weighted by atomic mass is 35.5. The molecule has 1 aliphatic rings. The van der Waals surface area contributed by atoms with Crippen molar-refractivity contribution in [3.05, 3.63) is 23.1 Å². The monoisotopic (exact) mass is 229 g/mol. The van der Waals surface area contributed by atoms with Crippen LogP contribution in [0.4, 0.5) is 0 Å². The van der Waals surface area contributed by atoms with Gasteiger partial charge in [-0.05, 0) is 43.5 Å². The van der Waals surface area contributed by atoms with Crippen LogP contribution in [0.3, 0.4) is 0 Å². The number of nitrogens with one attached hydrogen (secondary N) is 1. The van der Waals surface area contributed by atoms with Crippen LogP contribution in [0.2, 0.25) is 5.22 Å². The van der Waals surface area contributed by atoms with Crippen molar-refractivity contribution in [3.8, 4) is 0 Å². The van der Waals surface area contributed by atoms with E-state index >= 15 is 0 Å². The zero-order chi connectivity index (χ0) is 10.7. The van der Waals surface area contributed by atoms with Crippen molar-refractivity contribution in [2.24, 2.45) is 0 Å². The van der Waals surface area contributed by atoms with Crippen LogP contribution in [0.15, 0.2) is 16.5 Å². The molecule has 0 aliphatic carbocycles. The van der Waals surface area contributed by atoms with Crippen molar-refractivity contribution >= 4 is 11.6 Å². The van der Waals surface area contributed by atoms with E-state index in [2.05, 4.69) is 12.2 Å². The molecule has 2 rings (SSSR count). The van der Waals surface area contributed by atoms with E-state index in [1.54, 1.807) is 6.07 Å². The standard InChI is InChI=1S/C11H16ClNO2/c1-8-6-9(4-5-14-8)13-7-10-2-3-11(12)15-10/h2-3,8-9,13H,4-7H2,1H3. The molecule has 0 spiro atoms. The second-order valence-electron chi connectivity index (χ2n) is 3.99. The molecule has 84 valence electrons. The molecule has 2 unspecified atom stereocenters. The molecule has 1 aromatic heterocycles. The molecule has 0 saturated carbocycles. The van der Waals surface area contributed by atoms with E-state index in [4.69, 9.17) is 20.8 Å². The number of halogens is 1. The van der Waals surface area contributed by atoms with Crippen LogP contribution in [-0.4, -0.2) is 18.8 Å². The average molecular weight is 230 g/mol. The largest absolute Gasteiger partial charge is 0.448 e. The zero-order valence-electron chi connectivity index (χ0n) is 8.83. The second kappa shape index (κ2) is 5.01. The lowest BCUT2D eigenvalue weighted by molar-refractivity contribution is 0.0127. The predicted octanol–water partition coefficient (Wildman–Crippen LogP) is 2.59. The molecule has 1 aromatic rings. The first kappa shape index (κ1) is 11.0. The molecular formula is C11H16ClNO2. The number of ether oxygens (including phenoxy) is 1. The van der Waals surface area contributed by atoms with Gasteiger partial charge >= 0.3 is 0 Å². The summed E-state index contributed by atoms with van der Waals surface area (Å²) in [7, 11) is 0. The predicted molar refractivity (Wildman–Crippen MR) is 59.0 cm³/mol. The summed E-state index contributed by atoms with van der Waals surface area (Å²) in [4.78, 5) is 0. The maximum atomic E-state index is 5.69. The maximum Gasteiger partial charge on any atom is 0.193 e. The van der Waals surface area contributed by atoms with Crippen molar-refractivity contribution in [1.29, 1.82) is 0 Å². The summed E-state index contributed by atoms with van der Waals surface area (Å²) in [6.07, 6.45) is 2.49. The normalized spacial score (nSPS) is 26.8. The smallest absolute Gasteiger partial charge is 0.193 e. The van der Waals surface area contributed by atoms with Crippen molar-refractivity contribution in [2.75, 3.05) is 6.61 Å². The number of rotatable bonds is 3. The number of hydrogen-bond donors (Lipinski definition) is 1. The lowest BCUT2D eigenvalue weighted by Gasteiger charge is -2.27. The fourth-order valence-electron chi connectivity index (χ4n) is 1.88. The van der Waals surface area contributed by atoms with Gasteiger partial charge in [0.1, 0.15) is 5.76 Å². The van der Waals surface area contributed by atoms with Gasteiger partial charge in [0, 0.05) is 12.6 Å². The Labute approximate surface area is 94.7 Å². The van der Waals surface area contributed by atoms with Gasteiger partial charge in [-0.15, -0.1) is 0 Å². The Kier molecular flexibility index (Phi) is 3.67. The molecule has 1 fully saturated rings. The third-order valence-electron chi connectivity index (χ3n) is 2.68. The molecule has 2 heterocycles.